The van der Waals surface area contributed by atoms with E-state index in [4.69, 9.17) is 18.0 Å². The summed E-state index contributed by atoms with van der Waals surface area (Å²) in [6.07, 6.45) is 4.76. The van der Waals surface area contributed by atoms with Crippen molar-refractivity contribution >= 4 is 23.1 Å². The Bertz CT molecular complexity index is 368. The molecule has 2 rings (SSSR count). The zero-order chi connectivity index (χ0) is 14.0. The Labute approximate surface area is 121 Å². The molecule has 0 radical (unpaired) electrons. The number of nitrogens with zero attached hydrogens (tertiary/aromatic N) is 2. The van der Waals surface area contributed by atoms with Crippen molar-refractivity contribution in [3.8, 4) is 0 Å². The van der Waals surface area contributed by atoms with E-state index in [0.29, 0.717) is 11.0 Å². The molecule has 1 heterocycles. The van der Waals surface area contributed by atoms with Crippen LogP contribution in [0, 0.1) is 5.41 Å². The number of carbonyl (C=O) groups is 1. The van der Waals surface area contributed by atoms with Crippen molar-refractivity contribution in [1.82, 2.24) is 9.80 Å². The summed E-state index contributed by atoms with van der Waals surface area (Å²) in [5.74, 6) is 0.188. The molecule has 2 N–H and O–H groups in total. The van der Waals surface area contributed by atoms with E-state index in [-0.39, 0.29) is 5.91 Å². The fourth-order valence-corrected chi connectivity index (χ4v) is 3.52. The third-order valence-corrected chi connectivity index (χ3v) is 5.11. The number of hydrogen-bond donors (Lipinski definition) is 1. The average Bonchev–Trinajstić information content (AvgIpc) is 2.48. The normalized spacial score (nSPS) is 27.5. The first-order valence-corrected chi connectivity index (χ1v) is 7.71. The summed E-state index contributed by atoms with van der Waals surface area (Å²) in [5.41, 5.74) is 5.34. The van der Waals surface area contributed by atoms with Gasteiger partial charge < -0.3 is 15.5 Å². The maximum Gasteiger partial charge on any atom is 0.235 e. The van der Waals surface area contributed by atoms with Gasteiger partial charge in [-0.1, -0.05) is 25.6 Å². The van der Waals surface area contributed by atoms with E-state index < -0.39 is 5.41 Å². The first kappa shape index (κ1) is 14.7. The van der Waals surface area contributed by atoms with Crippen LogP contribution in [0.3, 0.4) is 0 Å². The number of amides is 1. The first-order chi connectivity index (χ1) is 9.01. The molecule has 1 aliphatic carbocycles. The summed E-state index contributed by atoms with van der Waals surface area (Å²) < 4.78 is 0. The summed E-state index contributed by atoms with van der Waals surface area (Å²) in [7, 11) is 2.13. The minimum atomic E-state index is -0.522. The lowest BCUT2D eigenvalue weighted by atomic mass is 9.67. The van der Waals surface area contributed by atoms with Crippen molar-refractivity contribution in [2.75, 3.05) is 26.7 Å². The molecule has 0 bridgehead atoms. The summed E-state index contributed by atoms with van der Waals surface area (Å²) in [4.78, 5) is 17.7. The quantitative estimate of drug-likeness (QED) is 0.795. The summed E-state index contributed by atoms with van der Waals surface area (Å²) >= 11 is 5.18. The summed E-state index contributed by atoms with van der Waals surface area (Å²) in [6, 6.07) is 0.298. The Morgan fingerprint density at radius 2 is 2.05 bits per heavy atom. The second-order valence-electron chi connectivity index (χ2n) is 5.98. The molecule has 108 valence electrons. The van der Waals surface area contributed by atoms with Gasteiger partial charge in [0.05, 0.1) is 10.4 Å². The lowest BCUT2D eigenvalue weighted by molar-refractivity contribution is -0.144. The number of likely N-dealkylation sites (N-methyl/N-ethyl adjacent to an activating group) is 1. The molecule has 1 atom stereocenters. The van der Waals surface area contributed by atoms with Crippen molar-refractivity contribution in [2.45, 2.75) is 45.1 Å². The molecule has 1 aliphatic heterocycles. The fourth-order valence-electron chi connectivity index (χ4n) is 3.23. The number of thiocarbonyl (C=S) groups is 1. The highest BCUT2D eigenvalue weighted by Crippen LogP contribution is 2.43. The average molecular weight is 283 g/mol. The molecule has 2 fully saturated rings. The molecule has 19 heavy (non-hydrogen) atoms. The van der Waals surface area contributed by atoms with Crippen LogP contribution >= 0.6 is 12.2 Å². The molecule has 1 saturated carbocycles. The van der Waals surface area contributed by atoms with Gasteiger partial charge in [0.25, 0.3) is 0 Å². The molecular weight excluding hydrogens is 258 g/mol. The van der Waals surface area contributed by atoms with E-state index in [1.165, 1.54) is 0 Å². The van der Waals surface area contributed by atoms with Crippen LogP contribution in [0.2, 0.25) is 0 Å². The molecule has 5 heteroatoms. The van der Waals surface area contributed by atoms with Crippen molar-refractivity contribution in [1.29, 1.82) is 0 Å². The van der Waals surface area contributed by atoms with Gasteiger partial charge in [-0.2, -0.15) is 0 Å². The number of nitrogens with two attached hydrogens (primary N) is 1. The van der Waals surface area contributed by atoms with E-state index in [9.17, 15) is 4.79 Å². The highest BCUT2D eigenvalue weighted by Gasteiger charge is 2.50. The molecule has 1 unspecified atom stereocenters. The second kappa shape index (κ2) is 5.75. The molecule has 0 aromatic heterocycles. The smallest absolute Gasteiger partial charge is 0.235 e. The van der Waals surface area contributed by atoms with Gasteiger partial charge in [0.15, 0.2) is 0 Å². The Kier molecular flexibility index (Phi) is 4.46. The van der Waals surface area contributed by atoms with E-state index in [2.05, 4.69) is 23.8 Å². The van der Waals surface area contributed by atoms with Crippen LogP contribution in [0.25, 0.3) is 0 Å². The SMILES string of the molecule is CCC1CN(C)CCCN1C(=O)C1(C(N)=S)CCC1. The van der Waals surface area contributed by atoms with Crippen LogP contribution < -0.4 is 5.73 Å². The van der Waals surface area contributed by atoms with Crippen molar-refractivity contribution < 1.29 is 4.79 Å². The zero-order valence-corrected chi connectivity index (χ0v) is 12.8. The van der Waals surface area contributed by atoms with E-state index in [0.717, 1.165) is 51.7 Å². The predicted molar refractivity (Wildman–Crippen MR) is 81.0 cm³/mol. The molecule has 1 saturated heterocycles. The van der Waals surface area contributed by atoms with Gasteiger partial charge in [-0.05, 0) is 39.3 Å². The zero-order valence-electron chi connectivity index (χ0n) is 12.0. The lowest BCUT2D eigenvalue weighted by Gasteiger charge is -2.44. The second-order valence-corrected chi connectivity index (χ2v) is 6.42. The fraction of sp³-hybridized carbons (Fsp3) is 0.857. The van der Waals surface area contributed by atoms with Crippen molar-refractivity contribution in [3.05, 3.63) is 0 Å². The largest absolute Gasteiger partial charge is 0.392 e. The minimum absolute atomic E-state index is 0.188. The van der Waals surface area contributed by atoms with Crippen LogP contribution in [0.15, 0.2) is 0 Å². The van der Waals surface area contributed by atoms with Crippen LogP contribution in [0.1, 0.15) is 39.0 Å². The topological polar surface area (TPSA) is 49.6 Å². The lowest BCUT2D eigenvalue weighted by Crippen LogP contribution is -2.57. The minimum Gasteiger partial charge on any atom is -0.392 e. The molecule has 0 spiro atoms. The van der Waals surface area contributed by atoms with Crippen molar-refractivity contribution in [3.63, 3.8) is 0 Å². The Balaban J connectivity index is 2.18. The molecule has 4 nitrogen and oxygen atoms in total. The van der Waals surface area contributed by atoms with Gasteiger partial charge in [0, 0.05) is 19.1 Å². The molecular formula is C14H25N3OS. The maximum absolute atomic E-state index is 12.9. The highest BCUT2D eigenvalue weighted by molar-refractivity contribution is 7.80. The van der Waals surface area contributed by atoms with E-state index in [1.54, 1.807) is 0 Å². The van der Waals surface area contributed by atoms with Crippen LogP contribution in [-0.4, -0.2) is 53.4 Å². The third-order valence-electron chi connectivity index (χ3n) is 4.72. The predicted octanol–water partition coefficient (Wildman–Crippen LogP) is 1.39. The Morgan fingerprint density at radius 1 is 1.37 bits per heavy atom. The monoisotopic (exact) mass is 283 g/mol. The number of rotatable bonds is 3. The summed E-state index contributed by atoms with van der Waals surface area (Å²) in [6.45, 7) is 5.00. The van der Waals surface area contributed by atoms with E-state index >= 15 is 0 Å². The van der Waals surface area contributed by atoms with Gasteiger partial charge in [0.2, 0.25) is 5.91 Å². The van der Waals surface area contributed by atoms with Gasteiger partial charge in [0.1, 0.15) is 0 Å². The van der Waals surface area contributed by atoms with Gasteiger partial charge in [-0.3, -0.25) is 4.79 Å². The third kappa shape index (κ3) is 2.63. The Hall–Kier alpha value is -0.680. The van der Waals surface area contributed by atoms with Crippen LogP contribution in [0.5, 0.6) is 0 Å². The molecule has 2 aliphatic rings. The Morgan fingerprint density at radius 3 is 2.53 bits per heavy atom. The standard InChI is InChI=1S/C14H25N3OS/c1-3-11-10-16(2)8-5-9-17(11)13(18)14(12(15)19)6-4-7-14/h11H,3-10H2,1-2H3,(H2,15,19). The van der Waals surface area contributed by atoms with Crippen molar-refractivity contribution in [2.24, 2.45) is 11.1 Å². The van der Waals surface area contributed by atoms with Crippen LogP contribution in [-0.2, 0) is 4.79 Å². The molecule has 0 aromatic rings. The number of carbonyl (C=O) groups excluding carboxylic acids is 1. The summed E-state index contributed by atoms with van der Waals surface area (Å²) in [5, 5.41) is 0. The molecule has 0 aromatic carbocycles. The van der Waals surface area contributed by atoms with Gasteiger partial charge >= 0.3 is 0 Å². The molecule has 1 amide bonds. The van der Waals surface area contributed by atoms with Gasteiger partial charge in [-0.25, -0.2) is 0 Å². The van der Waals surface area contributed by atoms with E-state index in [1.807, 2.05) is 0 Å². The van der Waals surface area contributed by atoms with Crippen LogP contribution in [0.4, 0.5) is 0 Å². The maximum atomic E-state index is 12.9. The highest BCUT2D eigenvalue weighted by atomic mass is 32.1. The van der Waals surface area contributed by atoms with Gasteiger partial charge in [-0.15, -0.1) is 0 Å². The number of hydrogen-bond acceptors (Lipinski definition) is 3. The first-order valence-electron chi connectivity index (χ1n) is 7.31.